The fourth-order valence-electron chi connectivity index (χ4n) is 0.696. The SMILES string of the molecule is N[C@@H](c1sccc1O)C(F)(F)F. The van der Waals surface area contributed by atoms with Crippen LogP contribution in [0.5, 0.6) is 5.75 Å². The average Bonchev–Trinajstić information content (AvgIpc) is 2.31. The lowest BCUT2D eigenvalue weighted by molar-refractivity contribution is -0.148. The van der Waals surface area contributed by atoms with Crippen LogP contribution in [-0.2, 0) is 0 Å². The molecule has 0 saturated heterocycles. The summed E-state index contributed by atoms with van der Waals surface area (Å²) in [5.41, 5.74) is 4.84. The third-order valence-corrected chi connectivity index (χ3v) is 2.30. The Kier molecular flexibility index (Phi) is 2.29. The maximum atomic E-state index is 12.0. The molecule has 0 spiro atoms. The summed E-state index contributed by atoms with van der Waals surface area (Å²) < 4.78 is 35.9. The Balaban J connectivity index is 2.92. The van der Waals surface area contributed by atoms with Crippen molar-refractivity contribution in [2.24, 2.45) is 5.73 Å². The second kappa shape index (κ2) is 2.95. The number of nitrogens with two attached hydrogens (primary N) is 1. The van der Waals surface area contributed by atoms with E-state index in [9.17, 15) is 13.2 Å². The largest absolute Gasteiger partial charge is 0.507 e. The second-order valence-corrected chi connectivity index (χ2v) is 3.14. The monoisotopic (exact) mass is 197 g/mol. The fraction of sp³-hybridized carbons (Fsp3) is 0.333. The van der Waals surface area contributed by atoms with Crippen LogP contribution in [0, 0.1) is 0 Å². The lowest BCUT2D eigenvalue weighted by Crippen LogP contribution is -2.27. The van der Waals surface area contributed by atoms with Gasteiger partial charge in [0, 0.05) is 0 Å². The quantitative estimate of drug-likeness (QED) is 0.723. The van der Waals surface area contributed by atoms with Gasteiger partial charge < -0.3 is 10.8 Å². The third-order valence-electron chi connectivity index (χ3n) is 1.31. The van der Waals surface area contributed by atoms with E-state index >= 15 is 0 Å². The van der Waals surface area contributed by atoms with E-state index in [0.717, 1.165) is 11.3 Å². The zero-order valence-corrected chi connectivity index (χ0v) is 6.62. The predicted octanol–water partition coefficient (Wildman–Crippen LogP) is 2.02. The molecule has 3 N–H and O–H groups in total. The van der Waals surface area contributed by atoms with E-state index in [1.807, 2.05) is 0 Å². The molecule has 1 heterocycles. The van der Waals surface area contributed by atoms with Crippen LogP contribution in [0.2, 0.25) is 0 Å². The lowest BCUT2D eigenvalue weighted by Gasteiger charge is -2.13. The smallest absolute Gasteiger partial charge is 0.408 e. The summed E-state index contributed by atoms with van der Waals surface area (Å²) in [4.78, 5) is -0.248. The summed E-state index contributed by atoms with van der Waals surface area (Å²) in [5, 5.41) is 10.3. The molecule has 0 aliphatic rings. The predicted molar refractivity (Wildman–Crippen MR) is 39.0 cm³/mol. The molecule has 0 unspecified atom stereocenters. The van der Waals surface area contributed by atoms with Crippen molar-refractivity contribution in [3.63, 3.8) is 0 Å². The van der Waals surface area contributed by atoms with E-state index in [2.05, 4.69) is 0 Å². The minimum Gasteiger partial charge on any atom is -0.507 e. The minimum absolute atomic E-state index is 0.248. The standard InChI is InChI=1S/C6H6F3NOS/c7-6(8,9)5(10)4-3(11)1-2-12-4/h1-2,5,11H,10H2/t5-/m0/s1. The van der Waals surface area contributed by atoms with Gasteiger partial charge in [-0.2, -0.15) is 13.2 Å². The topological polar surface area (TPSA) is 46.2 Å². The molecule has 0 amide bonds. The summed E-state index contributed by atoms with van der Waals surface area (Å²) in [6, 6.07) is -0.900. The molecule has 2 nitrogen and oxygen atoms in total. The molecule has 0 bridgehead atoms. The fourth-order valence-corrected chi connectivity index (χ4v) is 1.51. The van der Waals surface area contributed by atoms with Crippen LogP contribution >= 0.6 is 11.3 Å². The van der Waals surface area contributed by atoms with Crippen LogP contribution in [0.25, 0.3) is 0 Å². The lowest BCUT2D eigenvalue weighted by atomic mass is 10.2. The first kappa shape index (κ1) is 9.34. The number of thiophene rings is 1. The van der Waals surface area contributed by atoms with E-state index in [1.165, 1.54) is 11.4 Å². The van der Waals surface area contributed by atoms with Gasteiger partial charge in [-0.15, -0.1) is 11.3 Å². The molecule has 0 radical (unpaired) electrons. The van der Waals surface area contributed by atoms with Crippen LogP contribution in [0.1, 0.15) is 10.9 Å². The highest BCUT2D eigenvalue weighted by Crippen LogP contribution is 2.37. The Bertz CT molecular complexity index is 270. The van der Waals surface area contributed by atoms with Crippen LogP contribution < -0.4 is 5.73 Å². The first-order chi connectivity index (χ1) is 5.43. The Morgan fingerprint density at radius 2 is 2.08 bits per heavy atom. The molecule has 1 rings (SSSR count). The molecule has 1 aromatic rings. The highest BCUT2D eigenvalue weighted by Gasteiger charge is 2.39. The number of halogens is 3. The van der Waals surface area contributed by atoms with Crippen molar-refractivity contribution in [1.29, 1.82) is 0 Å². The summed E-state index contributed by atoms with van der Waals surface area (Å²) in [6.45, 7) is 0. The van der Waals surface area contributed by atoms with Crippen LogP contribution in [0.15, 0.2) is 11.4 Å². The van der Waals surface area contributed by atoms with Crippen LogP contribution in [0.4, 0.5) is 13.2 Å². The van der Waals surface area contributed by atoms with Crippen molar-refractivity contribution >= 4 is 11.3 Å². The van der Waals surface area contributed by atoms with Gasteiger partial charge in [-0.05, 0) is 11.4 Å². The number of aromatic hydroxyl groups is 1. The molecule has 1 aromatic heterocycles. The average molecular weight is 197 g/mol. The molecular formula is C6H6F3NOS. The Hall–Kier alpha value is -0.750. The Labute approximate surface area is 70.4 Å². The maximum Gasteiger partial charge on any atom is 0.408 e. The van der Waals surface area contributed by atoms with Gasteiger partial charge in [0.25, 0.3) is 0 Å². The molecule has 0 saturated carbocycles. The molecule has 1 atom stereocenters. The van der Waals surface area contributed by atoms with Gasteiger partial charge in [-0.25, -0.2) is 0 Å². The Morgan fingerprint density at radius 1 is 1.50 bits per heavy atom. The first-order valence-electron chi connectivity index (χ1n) is 3.01. The first-order valence-corrected chi connectivity index (χ1v) is 3.89. The molecule has 0 aliphatic carbocycles. The van der Waals surface area contributed by atoms with Crippen molar-refractivity contribution in [1.82, 2.24) is 0 Å². The number of rotatable bonds is 1. The van der Waals surface area contributed by atoms with Gasteiger partial charge >= 0.3 is 6.18 Å². The molecule has 0 aliphatic heterocycles. The number of hydrogen-bond acceptors (Lipinski definition) is 3. The highest BCUT2D eigenvalue weighted by molar-refractivity contribution is 7.10. The molecule has 12 heavy (non-hydrogen) atoms. The number of hydrogen-bond donors (Lipinski definition) is 2. The summed E-state index contributed by atoms with van der Waals surface area (Å²) in [6.07, 6.45) is -4.50. The zero-order valence-electron chi connectivity index (χ0n) is 5.80. The summed E-state index contributed by atoms with van der Waals surface area (Å²) >= 11 is 0.790. The molecule has 68 valence electrons. The molecule has 0 fully saturated rings. The van der Waals surface area contributed by atoms with E-state index < -0.39 is 18.0 Å². The number of alkyl halides is 3. The van der Waals surface area contributed by atoms with Gasteiger partial charge in [0.1, 0.15) is 11.8 Å². The van der Waals surface area contributed by atoms with Crippen molar-refractivity contribution in [3.8, 4) is 5.75 Å². The maximum absolute atomic E-state index is 12.0. The summed E-state index contributed by atoms with van der Waals surface area (Å²) in [5.74, 6) is -0.398. The van der Waals surface area contributed by atoms with Gasteiger partial charge in [0.05, 0.1) is 4.88 Å². The van der Waals surface area contributed by atoms with Crippen LogP contribution in [-0.4, -0.2) is 11.3 Å². The van der Waals surface area contributed by atoms with Crippen molar-refractivity contribution in [3.05, 3.63) is 16.3 Å². The van der Waals surface area contributed by atoms with Gasteiger partial charge in [0.2, 0.25) is 0 Å². The molecular weight excluding hydrogens is 191 g/mol. The van der Waals surface area contributed by atoms with Crippen molar-refractivity contribution < 1.29 is 18.3 Å². The van der Waals surface area contributed by atoms with E-state index in [-0.39, 0.29) is 4.88 Å². The van der Waals surface area contributed by atoms with Crippen molar-refractivity contribution in [2.75, 3.05) is 0 Å². The van der Waals surface area contributed by atoms with E-state index in [1.54, 1.807) is 0 Å². The highest BCUT2D eigenvalue weighted by atomic mass is 32.1. The molecule has 0 aromatic carbocycles. The Morgan fingerprint density at radius 3 is 2.42 bits per heavy atom. The normalized spacial score (nSPS) is 14.7. The zero-order chi connectivity index (χ0) is 9.35. The third kappa shape index (κ3) is 1.70. The second-order valence-electron chi connectivity index (χ2n) is 2.19. The van der Waals surface area contributed by atoms with E-state index in [0.29, 0.717) is 0 Å². The van der Waals surface area contributed by atoms with Gasteiger partial charge in [-0.3, -0.25) is 0 Å². The van der Waals surface area contributed by atoms with Gasteiger partial charge in [0.15, 0.2) is 0 Å². The molecule has 6 heteroatoms. The van der Waals surface area contributed by atoms with Crippen LogP contribution in [0.3, 0.4) is 0 Å². The van der Waals surface area contributed by atoms with E-state index in [4.69, 9.17) is 10.8 Å². The van der Waals surface area contributed by atoms with Gasteiger partial charge in [-0.1, -0.05) is 0 Å². The minimum atomic E-state index is -4.50. The summed E-state index contributed by atoms with van der Waals surface area (Å²) in [7, 11) is 0. The van der Waals surface area contributed by atoms with Crippen molar-refractivity contribution in [2.45, 2.75) is 12.2 Å².